The molecule has 0 amide bonds. The van der Waals surface area contributed by atoms with E-state index in [9.17, 15) is 14.9 Å². The largest absolute Gasteiger partial charge is 0.459 e. The molecule has 0 unspecified atom stereocenters. The smallest absolute Gasteiger partial charge is 0.338 e. The van der Waals surface area contributed by atoms with Gasteiger partial charge in [0.25, 0.3) is 5.69 Å². The van der Waals surface area contributed by atoms with Gasteiger partial charge in [-0.2, -0.15) is 0 Å². The van der Waals surface area contributed by atoms with E-state index < -0.39 is 10.9 Å². The van der Waals surface area contributed by atoms with Gasteiger partial charge in [-0.1, -0.05) is 67.1 Å². The number of esters is 1. The maximum absolute atomic E-state index is 12.7. The zero-order valence-corrected chi connectivity index (χ0v) is 18.6. The number of ether oxygens (including phenoxy) is 1. The highest BCUT2D eigenvalue weighted by molar-refractivity contribution is 5.91. The van der Waals surface area contributed by atoms with Crippen molar-refractivity contribution in [1.29, 1.82) is 0 Å². The van der Waals surface area contributed by atoms with E-state index in [1.165, 1.54) is 6.07 Å². The number of carbonyl (C=O) groups excluding carboxylic acids is 1. The fourth-order valence-corrected chi connectivity index (χ4v) is 4.30. The van der Waals surface area contributed by atoms with Crippen LogP contribution in [0.3, 0.4) is 0 Å². The fourth-order valence-electron chi connectivity index (χ4n) is 4.30. The molecule has 170 valence electrons. The quantitative estimate of drug-likeness (QED) is 0.232. The molecule has 0 atom stereocenters. The SMILES string of the molecule is O=C(OC1CCCCC1)c1ccc(N(Cc2ccccc2)Cc2ccccc2)c([N+](=O)[O-])c1. The van der Waals surface area contributed by atoms with Crippen LogP contribution in [-0.2, 0) is 17.8 Å². The average Bonchev–Trinajstić information content (AvgIpc) is 2.85. The zero-order chi connectivity index (χ0) is 23.0. The van der Waals surface area contributed by atoms with Crippen LogP contribution in [0.4, 0.5) is 11.4 Å². The van der Waals surface area contributed by atoms with Gasteiger partial charge in [0, 0.05) is 19.2 Å². The monoisotopic (exact) mass is 444 g/mol. The summed E-state index contributed by atoms with van der Waals surface area (Å²) < 4.78 is 5.63. The normalized spacial score (nSPS) is 13.9. The van der Waals surface area contributed by atoms with E-state index in [-0.39, 0.29) is 17.4 Å². The van der Waals surface area contributed by atoms with E-state index in [0.29, 0.717) is 18.8 Å². The van der Waals surface area contributed by atoms with Crippen molar-refractivity contribution < 1.29 is 14.5 Å². The Balaban J connectivity index is 1.63. The topological polar surface area (TPSA) is 72.7 Å². The summed E-state index contributed by atoms with van der Waals surface area (Å²) in [5.41, 5.74) is 2.68. The van der Waals surface area contributed by atoms with Crippen LogP contribution in [0.5, 0.6) is 0 Å². The predicted octanol–water partition coefficient (Wildman–Crippen LogP) is 6.29. The Bertz CT molecular complexity index is 1040. The summed E-state index contributed by atoms with van der Waals surface area (Å²) in [6, 6.07) is 24.4. The van der Waals surface area contributed by atoms with Crippen molar-refractivity contribution in [3.63, 3.8) is 0 Å². The van der Waals surface area contributed by atoms with Crippen molar-refractivity contribution in [3.05, 3.63) is 106 Å². The Morgan fingerprint density at radius 1 is 0.879 bits per heavy atom. The van der Waals surface area contributed by atoms with E-state index in [4.69, 9.17) is 4.74 Å². The first-order chi connectivity index (χ1) is 16.1. The van der Waals surface area contributed by atoms with Gasteiger partial charge >= 0.3 is 5.97 Å². The minimum absolute atomic E-state index is 0.0973. The Labute approximate surface area is 194 Å². The van der Waals surface area contributed by atoms with Gasteiger partial charge < -0.3 is 9.64 Å². The molecule has 1 fully saturated rings. The second-order valence-corrected chi connectivity index (χ2v) is 8.45. The van der Waals surface area contributed by atoms with Crippen LogP contribution in [0.15, 0.2) is 78.9 Å². The third-order valence-electron chi connectivity index (χ3n) is 6.01. The minimum Gasteiger partial charge on any atom is -0.459 e. The first-order valence-electron chi connectivity index (χ1n) is 11.4. The van der Waals surface area contributed by atoms with E-state index in [1.807, 2.05) is 65.6 Å². The van der Waals surface area contributed by atoms with Crippen LogP contribution in [0.25, 0.3) is 0 Å². The Morgan fingerprint density at radius 3 is 2.00 bits per heavy atom. The number of anilines is 1. The number of nitro benzene ring substituents is 1. The Morgan fingerprint density at radius 2 is 1.45 bits per heavy atom. The third-order valence-corrected chi connectivity index (χ3v) is 6.01. The molecule has 33 heavy (non-hydrogen) atoms. The van der Waals surface area contributed by atoms with Crippen LogP contribution in [0.2, 0.25) is 0 Å². The van der Waals surface area contributed by atoms with Gasteiger partial charge in [0.2, 0.25) is 0 Å². The molecule has 6 nitrogen and oxygen atoms in total. The first kappa shape index (κ1) is 22.5. The van der Waals surface area contributed by atoms with Crippen molar-refractivity contribution in [2.24, 2.45) is 0 Å². The van der Waals surface area contributed by atoms with Crippen LogP contribution < -0.4 is 4.90 Å². The molecule has 1 aliphatic rings. The average molecular weight is 445 g/mol. The fraction of sp³-hybridized carbons (Fsp3) is 0.296. The zero-order valence-electron chi connectivity index (χ0n) is 18.6. The number of hydrogen-bond acceptors (Lipinski definition) is 5. The van der Waals surface area contributed by atoms with Gasteiger partial charge in [-0.15, -0.1) is 0 Å². The van der Waals surface area contributed by atoms with Gasteiger partial charge in [0.15, 0.2) is 0 Å². The number of carbonyl (C=O) groups is 1. The van der Waals surface area contributed by atoms with Gasteiger partial charge in [0.1, 0.15) is 11.8 Å². The molecule has 0 spiro atoms. The molecule has 1 saturated carbocycles. The molecule has 3 aromatic carbocycles. The van der Waals surface area contributed by atoms with Crippen molar-refractivity contribution in [3.8, 4) is 0 Å². The van der Waals surface area contributed by atoms with E-state index in [2.05, 4.69) is 0 Å². The summed E-state index contributed by atoms with van der Waals surface area (Å²) >= 11 is 0. The maximum atomic E-state index is 12.7. The van der Waals surface area contributed by atoms with Crippen molar-refractivity contribution >= 4 is 17.3 Å². The van der Waals surface area contributed by atoms with Crippen LogP contribution >= 0.6 is 0 Å². The molecule has 0 aliphatic heterocycles. The molecule has 1 aliphatic carbocycles. The number of nitro groups is 1. The molecule has 0 radical (unpaired) electrons. The molecule has 0 bridgehead atoms. The maximum Gasteiger partial charge on any atom is 0.338 e. The lowest BCUT2D eigenvalue weighted by Gasteiger charge is -2.25. The number of rotatable bonds is 8. The lowest BCUT2D eigenvalue weighted by atomic mass is 9.98. The van der Waals surface area contributed by atoms with Gasteiger partial charge in [-0.05, 0) is 48.9 Å². The standard InChI is InChI=1S/C27H28N2O4/c30-27(33-24-14-8-3-9-15-24)23-16-17-25(26(18-23)29(31)32)28(19-21-10-4-1-5-11-21)20-22-12-6-2-7-13-22/h1-2,4-7,10-13,16-18,24H,3,8-9,14-15,19-20H2. The second kappa shape index (κ2) is 10.8. The van der Waals surface area contributed by atoms with Gasteiger partial charge in [0.05, 0.1) is 10.5 Å². The highest BCUT2D eigenvalue weighted by Crippen LogP contribution is 2.32. The summed E-state index contributed by atoms with van der Waals surface area (Å²) in [7, 11) is 0. The molecular formula is C27H28N2O4. The van der Waals surface area contributed by atoms with Crippen LogP contribution in [0, 0.1) is 10.1 Å². The number of hydrogen-bond donors (Lipinski definition) is 0. The summed E-state index contributed by atoms with van der Waals surface area (Å²) in [6.07, 6.45) is 4.86. The lowest BCUT2D eigenvalue weighted by Crippen LogP contribution is -2.24. The van der Waals surface area contributed by atoms with Crippen LogP contribution in [-0.4, -0.2) is 17.0 Å². The molecule has 4 rings (SSSR count). The number of benzene rings is 3. The molecule has 3 aromatic rings. The Kier molecular flexibility index (Phi) is 7.35. The molecule has 0 N–H and O–H groups in total. The lowest BCUT2D eigenvalue weighted by molar-refractivity contribution is -0.384. The summed E-state index contributed by atoms with van der Waals surface area (Å²) in [6.45, 7) is 1.00. The van der Waals surface area contributed by atoms with E-state index >= 15 is 0 Å². The molecule has 6 heteroatoms. The van der Waals surface area contributed by atoms with Crippen molar-refractivity contribution in [2.45, 2.75) is 51.3 Å². The second-order valence-electron chi connectivity index (χ2n) is 8.45. The summed E-state index contributed by atoms with van der Waals surface area (Å²) in [5, 5.41) is 12.0. The third kappa shape index (κ3) is 5.98. The molecule has 0 saturated heterocycles. The first-order valence-corrected chi connectivity index (χ1v) is 11.4. The number of nitrogens with zero attached hydrogens (tertiary/aromatic N) is 2. The molecular weight excluding hydrogens is 416 g/mol. The van der Waals surface area contributed by atoms with E-state index in [1.54, 1.807) is 12.1 Å². The van der Waals surface area contributed by atoms with E-state index in [0.717, 1.165) is 43.2 Å². The van der Waals surface area contributed by atoms with Crippen molar-refractivity contribution in [1.82, 2.24) is 0 Å². The predicted molar refractivity (Wildman–Crippen MR) is 128 cm³/mol. The highest BCUT2D eigenvalue weighted by atomic mass is 16.6. The molecule has 0 heterocycles. The summed E-state index contributed by atoms with van der Waals surface area (Å²) in [5.74, 6) is -0.491. The van der Waals surface area contributed by atoms with Crippen LogP contribution in [0.1, 0.15) is 53.6 Å². The Hall–Kier alpha value is -3.67. The summed E-state index contributed by atoms with van der Waals surface area (Å²) in [4.78, 5) is 26.3. The van der Waals surface area contributed by atoms with Crippen molar-refractivity contribution in [2.75, 3.05) is 4.90 Å². The minimum atomic E-state index is -0.491. The molecule has 0 aromatic heterocycles. The van der Waals surface area contributed by atoms with Gasteiger partial charge in [-0.25, -0.2) is 4.79 Å². The van der Waals surface area contributed by atoms with Gasteiger partial charge in [-0.3, -0.25) is 10.1 Å². The highest BCUT2D eigenvalue weighted by Gasteiger charge is 2.25.